The molecule has 2 rings (SSSR count). The number of thioether (sulfide) groups is 1. The minimum atomic E-state index is -2.94. The molecule has 0 aromatic heterocycles. The molecule has 0 atom stereocenters. The minimum Gasteiger partial charge on any atom is -0.433 e. The molecule has 1 amide bonds. The first-order valence-electron chi connectivity index (χ1n) is 6.70. The van der Waals surface area contributed by atoms with E-state index < -0.39 is 6.61 Å². The van der Waals surface area contributed by atoms with Gasteiger partial charge in [-0.3, -0.25) is 4.79 Å². The first-order chi connectivity index (χ1) is 11.0. The number of hydrogen-bond acceptors (Lipinski definition) is 3. The van der Waals surface area contributed by atoms with Gasteiger partial charge in [-0.1, -0.05) is 41.9 Å². The number of rotatable bonds is 7. The molecule has 2 aromatic carbocycles. The van der Waals surface area contributed by atoms with Gasteiger partial charge in [0.1, 0.15) is 5.75 Å². The number of nitrogens with one attached hydrogen (secondary N) is 1. The van der Waals surface area contributed by atoms with Crippen molar-refractivity contribution in [1.29, 1.82) is 0 Å². The summed E-state index contributed by atoms with van der Waals surface area (Å²) in [4.78, 5) is 11.9. The van der Waals surface area contributed by atoms with Gasteiger partial charge in [0.15, 0.2) is 0 Å². The number of carbonyl (C=O) groups is 1. The Balaban J connectivity index is 1.82. The maximum atomic E-state index is 12.1. The van der Waals surface area contributed by atoms with Crippen LogP contribution in [0.2, 0.25) is 5.02 Å². The van der Waals surface area contributed by atoms with Crippen LogP contribution < -0.4 is 10.1 Å². The van der Waals surface area contributed by atoms with Gasteiger partial charge in [0.05, 0.1) is 10.8 Å². The lowest BCUT2D eigenvalue weighted by atomic mass is 10.2. The summed E-state index contributed by atoms with van der Waals surface area (Å²) in [6.07, 6.45) is 0. The average molecular weight is 358 g/mol. The summed E-state index contributed by atoms with van der Waals surface area (Å²) in [6.45, 7) is -2.94. The number of benzene rings is 2. The van der Waals surface area contributed by atoms with Crippen LogP contribution in [0.4, 0.5) is 14.5 Å². The molecule has 0 radical (unpaired) electrons. The van der Waals surface area contributed by atoms with E-state index in [1.807, 2.05) is 30.3 Å². The first kappa shape index (κ1) is 17.6. The van der Waals surface area contributed by atoms with Gasteiger partial charge in [0.2, 0.25) is 5.91 Å². The Labute approximate surface area is 142 Å². The number of carbonyl (C=O) groups excluding carboxylic acids is 1. The lowest BCUT2D eigenvalue weighted by Crippen LogP contribution is -2.14. The summed E-state index contributed by atoms with van der Waals surface area (Å²) < 4.78 is 28.5. The molecule has 122 valence electrons. The van der Waals surface area contributed by atoms with Gasteiger partial charge in [0, 0.05) is 11.4 Å². The van der Waals surface area contributed by atoms with E-state index in [1.165, 1.54) is 30.0 Å². The predicted octanol–water partition coefficient (Wildman–Crippen LogP) is 4.81. The predicted molar refractivity (Wildman–Crippen MR) is 89.3 cm³/mol. The Morgan fingerprint density at radius 2 is 1.96 bits per heavy atom. The second-order valence-electron chi connectivity index (χ2n) is 4.55. The van der Waals surface area contributed by atoms with Crippen LogP contribution in [-0.2, 0) is 10.5 Å². The molecular weight excluding hydrogens is 344 g/mol. The molecule has 0 spiro atoms. The van der Waals surface area contributed by atoms with E-state index in [4.69, 9.17) is 11.6 Å². The molecule has 3 nitrogen and oxygen atoms in total. The Bertz CT molecular complexity index is 656. The van der Waals surface area contributed by atoms with Gasteiger partial charge < -0.3 is 10.1 Å². The zero-order valence-electron chi connectivity index (χ0n) is 12.0. The van der Waals surface area contributed by atoms with Gasteiger partial charge in [-0.2, -0.15) is 8.78 Å². The fourth-order valence-electron chi connectivity index (χ4n) is 1.80. The fourth-order valence-corrected chi connectivity index (χ4v) is 2.82. The Hall–Kier alpha value is -1.79. The maximum Gasteiger partial charge on any atom is 0.387 e. The Morgan fingerprint density at radius 1 is 1.22 bits per heavy atom. The topological polar surface area (TPSA) is 38.3 Å². The molecule has 23 heavy (non-hydrogen) atoms. The monoisotopic (exact) mass is 357 g/mol. The Morgan fingerprint density at radius 3 is 2.61 bits per heavy atom. The van der Waals surface area contributed by atoms with Crippen LogP contribution in [0.3, 0.4) is 0 Å². The van der Waals surface area contributed by atoms with Gasteiger partial charge in [-0.25, -0.2) is 0 Å². The van der Waals surface area contributed by atoms with Crippen LogP contribution in [0.1, 0.15) is 5.56 Å². The quantitative estimate of drug-likeness (QED) is 0.772. The standard InChI is InChI=1S/C16H14ClF2NO2S/c17-13-8-12(6-7-14(13)22-16(18)19)20-15(21)10-23-9-11-4-2-1-3-5-11/h1-8,16H,9-10H2,(H,20,21). The van der Waals surface area contributed by atoms with E-state index in [2.05, 4.69) is 10.1 Å². The molecule has 0 bridgehead atoms. The second-order valence-corrected chi connectivity index (χ2v) is 5.94. The normalized spacial score (nSPS) is 10.6. The van der Waals surface area contributed by atoms with E-state index in [1.54, 1.807) is 0 Å². The van der Waals surface area contributed by atoms with Crippen molar-refractivity contribution in [3.8, 4) is 5.75 Å². The van der Waals surface area contributed by atoms with Crippen molar-refractivity contribution in [1.82, 2.24) is 0 Å². The number of alkyl halides is 2. The van der Waals surface area contributed by atoms with Gasteiger partial charge in [-0.15, -0.1) is 11.8 Å². The van der Waals surface area contributed by atoms with Crippen LogP contribution in [0, 0.1) is 0 Å². The summed E-state index contributed by atoms with van der Waals surface area (Å²) in [6, 6.07) is 13.9. The lowest BCUT2D eigenvalue weighted by Gasteiger charge is -2.09. The van der Waals surface area contributed by atoms with Crippen molar-refractivity contribution in [3.05, 3.63) is 59.1 Å². The summed E-state index contributed by atoms with van der Waals surface area (Å²) in [5.74, 6) is 0.695. The summed E-state index contributed by atoms with van der Waals surface area (Å²) >= 11 is 7.31. The van der Waals surface area contributed by atoms with E-state index in [-0.39, 0.29) is 22.4 Å². The largest absolute Gasteiger partial charge is 0.433 e. The van der Waals surface area contributed by atoms with Crippen molar-refractivity contribution >= 4 is 35.0 Å². The maximum absolute atomic E-state index is 12.1. The molecule has 0 aliphatic carbocycles. The van der Waals surface area contributed by atoms with Gasteiger partial charge in [0.25, 0.3) is 0 Å². The highest BCUT2D eigenvalue weighted by Crippen LogP contribution is 2.29. The molecular formula is C16H14ClF2NO2S. The smallest absolute Gasteiger partial charge is 0.387 e. The van der Waals surface area contributed by atoms with Gasteiger partial charge >= 0.3 is 6.61 Å². The molecule has 2 aromatic rings. The van der Waals surface area contributed by atoms with Crippen molar-refractivity contribution in [2.75, 3.05) is 11.1 Å². The highest BCUT2D eigenvalue weighted by Gasteiger charge is 2.10. The highest BCUT2D eigenvalue weighted by atomic mass is 35.5. The van der Waals surface area contributed by atoms with Crippen molar-refractivity contribution < 1.29 is 18.3 Å². The number of hydrogen-bond donors (Lipinski definition) is 1. The van der Waals surface area contributed by atoms with Crippen LogP contribution in [0.25, 0.3) is 0 Å². The zero-order chi connectivity index (χ0) is 16.7. The molecule has 7 heteroatoms. The molecule has 0 fully saturated rings. The molecule has 0 aliphatic rings. The third-order valence-corrected chi connectivity index (χ3v) is 4.08. The summed E-state index contributed by atoms with van der Waals surface area (Å²) in [5, 5.41) is 2.68. The highest BCUT2D eigenvalue weighted by molar-refractivity contribution is 7.99. The number of halogens is 3. The average Bonchev–Trinajstić information content (AvgIpc) is 2.51. The first-order valence-corrected chi connectivity index (χ1v) is 8.24. The molecule has 0 heterocycles. The van der Waals surface area contributed by atoms with Gasteiger partial charge in [-0.05, 0) is 23.8 Å². The lowest BCUT2D eigenvalue weighted by molar-refractivity contribution is -0.113. The third kappa shape index (κ3) is 6.08. The molecule has 1 N–H and O–H groups in total. The van der Waals surface area contributed by atoms with E-state index in [0.29, 0.717) is 5.69 Å². The molecule has 0 saturated carbocycles. The SMILES string of the molecule is O=C(CSCc1ccccc1)Nc1ccc(OC(F)F)c(Cl)c1. The number of ether oxygens (including phenoxy) is 1. The third-order valence-electron chi connectivity index (χ3n) is 2.78. The molecule has 0 aliphatic heterocycles. The summed E-state index contributed by atoms with van der Waals surface area (Å²) in [5.41, 5.74) is 1.57. The van der Waals surface area contributed by atoms with Crippen LogP contribution in [-0.4, -0.2) is 18.3 Å². The number of amides is 1. The van der Waals surface area contributed by atoms with E-state index in [9.17, 15) is 13.6 Å². The fraction of sp³-hybridized carbons (Fsp3) is 0.188. The van der Waals surface area contributed by atoms with Crippen molar-refractivity contribution in [2.45, 2.75) is 12.4 Å². The van der Waals surface area contributed by atoms with Crippen molar-refractivity contribution in [2.24, 2.45) is 0 Å². The van der Waals surface area contributed by atoms with Crippen LogP contribution in [0.15, 0.2) is 48.5 Å². The van der Waals surface area contributed by atoms with Crippen LogP contribution in [0.5, 0.6) is 5.75 Å². The summed E-state index contributed by atoms with van der Waals surface area (Å²) in [7, 11) is 0. The molecule has 0 saturated heterocycles. The van der Waals surface area contributed by atoms with E-state index in [0.717, 1.165) is 11.3 Å². The number of anilines is 1. The minimum absolute atomic E-state index is 0.0139. The zero-order valence-corrected chi connectivity index (χ0v) is 13.5. The van der Waals surface area contributed by atoms with Crippen LogP contribution >= 0.6 is 23.4 Å². The second kappa shape index (κ2) is 8.74. The van der Waals surface area contributed by atoms with Crippen molar-refractivity contribution in [3.63, 3.8) is 0 Å². The molecule has 0 unspecified atom stereocenters. The van der Waals surface area contributed by atoms with E-state index >= 15 is 0 Å². The Kier molecular flexibility index (Phi) is 6.67.